The summed E-state index contributed by atoms with van der Waals surface area (Å²) in [5.41, 5.74) is 4.36. The number of amides is 3. The maximum atomic E-state index is 13.2. The van der Waals surface area contributed by atoms with Crippen LogP contribution < -0.4 is 16.4 Å². The lowest BCUT2D eigenvalue weighted by Crippen LogP contribution is -2.60. The Morgan fingerprint density at radius 3 is 2.55 bits per heavy atom. The number of hydrogen-bond acceptors (Lipinski definition) is 5. The zero-order valence-corrected chi connectivity index (χ0v) is 16.6. The first-order valence-electron chi connectivity index (χ1n) is 9.26. The average Bonchev–Trinajstić information content (AvgIpc) is 3.16. The fourth-order valence-electron chi connectivity index (χ4n) is 4.03. The Kier molecular flexibility index (Phi) is 6.18. The van der Waals surface area contributed by atoms with Crippen molar-refractivity contribution >= 4 is 40.7 Å². The van der Waals surface area contributed by atoms with Gasteiger partial charge in [-0.15, -0.1) is 0 Å². The van der Waals surface area contributed by atoms with Gasteiger partial charge in [0.15, 0.2) is 5.60 Å². The number of carbonyl (C=O) groups excluding carboxylic acids is 3. The van der Waals surface area contributed by atoms with Crippen molar-refractivity contribution in [3.63, 3.8) is 0 Å². The lowest BCUT2D eigenvalue weighted by molar-refractivity contribution is -0.141. The predicted octanol–water partition coefficient (Wildman–Crippen LogP) is 1.62. The molecule has 0 spiro atoms. The van der Waals surface area contributed by atoms with Gasteiger partial charge in [0.25, 0.3) is 11.8 Å². The van der Waals surface area contributed by atoms with Crippen molar-refractivity contribution in [2.24, 2.45) is 22.6 Å². The van der Waals surface area contributed by atoms with Gasteiger partial charge in [-0.1, -0.05) is 11.6 Å². The lowest BCUT2D eigenvalue weighted by Gasteiger charge is -2.38. The Labute approximate surface area is 172 Å². The van der Waals surface area contributed by atoms with Gasteiger partial charge < -0.3 is 21.1 Å². The van der Waals surface area contributed by atoms with Crippen molar-refractivity contribution in [1.29, 1.82) is 0 Å². The molecule has 1 saturated carbocycles. The van der Waals surface area contributed by atoms with Crippen LogP contribution >= 0.6 is 11.6 Å². The van der Waals surface area contributed by atoms with Crippen molar-refractivity contribution in [2.75, 3.05) is 19.1 Å². The van der Waals surface area contributed by atoms with Crippen LogP contribution in [0.4, 0.5) is 10.1 Å². The average molecular weight is 425 g/mol. The number of nitrogens with two attached hydrogens (primary N) is 1. The highest BCUT2D eigenvalue weighted by atomic mass is 35.5. The van der Waals surface area contributed by atoms with Crippen molar-refractivity contribution < 1.29 is 23.5 Å². The number of halogens is 2. The maximum absolute atomic E-state index is 13.2. The molecule has 10 heteroatoms. The van der Waals surface area contributed by atoms with E-state index in [-0.39, 0.29) is 35.2 Å². The van der Waals surface area contributed by atoms with Crippen LogP contribution in [-0.2, 0) is 19.1 Å². The quantitative estimate of drug-likeness (QED) is 0.664. The molecule has 1 atom stereocenters. The number of nitrogens with zero attached hydrogens (tertiary/aromatic N) is 1. The number of nitrogens with one attached hydrogen (secondary N) is 2. The molecule has 2 aliphatic rings. The molecule has 8 nitrogen and oxygen atoms in total. The first-order chi connectivity index (χ1) is 13.8. The van der Waals surface area contributed by atoms with E-state index in [1.54, 1.807) is 0 Å². The van der Waals surface area contributed by atoms with Crippen LogP contribution in [0.15, 0.2) is 23.2 Å². The molecule has 1 aliphatic heterocycles. The molecule has 1 aliphatic carbocycles. The van der Waals surface area contributed by atoms with E-state index in [1.165, 1.54) is 19.2 Å². The largest absolute Gasteiger partial charge is 0.367 e. The van der Waals surface area contributed by atoms with Gasteiger partial charge in [-0.25, -0.2) is 4.39 Å². The van der Waals surface area contributed by atoms with E-state index in [9.17, 15) is 18.8 Å². The third-order valence-electron chi connectivity index (χ3n) is 5.54. The van der Waals surface area contributed by atoms with Gasteiger partial charge in [0, 0.05) is 18.9 Å². The summed E-state index contributed by atoms with van der Waals surface area (Å²) < 4.78 is 18.8. The maximum Gasteiger partial charge on any atom is 0.268 e. The first kappa shape index (κ1) is 21.2. The SMILES string of the molecule is CNC(=O)C1=NCOC1(C(N)=O)C1CCC(C(=O)Nc2ccc(F)cc2Cl)CC1. The van der Waals surface area contributed by atoms with Gasteiger partial charge in [-0.3, -0.25) is 19.4 Å². The summed E-state index contributed by atoms with van der Waals surface area (Å²) in [6.07, 6.45) is 1.84. The fourth-order valence-corrected chi connectivity index (χ4v) is 4.25. The zero-order chi connectivity index (χ0) is 21.2. The number of hydrogen-bond donors (Lipinski definition) is 3. The molecule has 0 saturated heterocycles. The van der Waals surface area contributed by atoms with E-state index in [2.05, 4.69) is 15.6 Å². The summed E-state index contributed by atoms with van der Waals surface area (Å²) in [5, 5.41) is 5.29. The third-order valence-corrected chi connectivity index (χ3v) is 5.85. The number of benzene rings is 1. The smallest absolute Gasteiger partial charge is 0.268 e. The van der Waals surface area contributed by atoms with Crippen LogP contribution in [0.2, 0.25) is 5.02 Å². The van der Waals surface area contributed by atoms with Crippen molar-refractivity contribution in [2.45, 2.75) is 31.3 Å². The molecule has 4 N–H and O–H groups in total. The molecule has 1 aromatic carbocycles. The van der Waals surface area contributed by atoms with Gasteiger partial charge in [0.2, 0.25) is 5.91 Å². The molecular weight excluding hydrogens is 403 g/mol. The molecule has 3 rings (SSSR count). The highest BCUT2D eigenvalue weighted by molar-refractivity contribution is 6.46. The van der Waals surface area contributed by atoms with Gasteiger partial charge in [0.05, 0.1) is 10.7 Å². The highest BCUT2D eigenvalue weighted by Crippen LogP contribution is 2.41. The van der Waals surface area contributed by atoms with Gasteiger partial charge in [-0.05, 0) is 43.9 Å². The fraction of sp³-hybridized carbons (Fsp3) is 0.474. The molecule has 0 bridgehead atoms. The number of anilines is 1. The second kappa shape index (κ2) is 8.46. The minimum atomic E-state index is -1.58. The molecule has 1 aromatic rings. The molecule has 0 aromatic heterocycles. The summed E-state index contributed by atoms with van der Waals surface area (Å²) in [4.78, 5) is 41.1. The second-order valence-electron chi connectivity index (χ2n) is 7.12. The highest BCUT2D eigenvalue weighted by Gasteiger charge is 2.55. The van der Waals surface area contributed by atoms with Crippen molar-refractivity contribution in [3.05, 3.63) is 29.0 Å². The minimum absolute atomic E-state index is 0.0153. The Morgan fingerprint density at radius 1 is 1.28 bits per heavy atom. The summed E-state index contributed by atoms with van der Waals surface area (Å²) >= 11 is 5.96. The van der Waals surface area contributed by atoms with Gasteiger partial charge in [-0.2, -0.15) is 0 Å². The van der Waals surface area contributed by atoms with Crippen molar-refractivity contribution in [1.82, 2.24) is 5.32 Å². The molecule has 3 amide bonds. The standard InChI is InChI=1S/C19H22ClFN4O4/c1-23-17(27)15-19(18(22)28,29-9-24-15)11-4-2-10(3-5-11)16(26)25-14-7-6-12(21)8-13(14)20/h6-8,10-11H,2-5,9H2,1H3,(H2,22,28)(H,23,27)(H,25,26). The van der Waals surface area contributed by atoms with Crippen molar-refractivity contribution in [3.8, 4) is 0 Å². The normalized spacial score (nSPS) is 26.5. The van der Waals surface area contributed by atoms with Crippen LogP contribution in [-0.4, -0.2) is 42.8 Å². The molecule has 156 valence electrons. The molecule has 29 heavy (non-hydrogen) atoms. The lowest BCUT2D eigenvalue weighted by atomic mass is 9.70. The number of carbonyl (C=O) groups is 3. The minimum Gasteiger partial charge on any atom is -0.367 e. The Bertz CT molecular complexity index is 870. The van der Waals surface area contributed by atoms with E-state index in [0.29, 0.717) is 31.4 Å². The molecule has 0 radical (unpaired) electrons. The molecule has 1 heterocycles. The van der Waals surface area contributed by atoms with E-state index in [4.69, 9.17) is 22.1 Å². The molecule has 1 fully saturated rings. The molecular formula is C19H22ClFN4O4. The summed E-state index contributed by atoms with van der Waals surface area (Å²) in [7, 11) is 1.44. The van der Waals surface area contributed by atoms with Crippen LogP contribution in [0.3, 0.4) is 0 Å². The van der Waals surface area contributed by atoms with E-state index >= 15 is 0 Å². The number of primary amides is 1. The zero-order valence-electron chi connectivity index (χ0n) is 15.8. The summed E-state index contributed by atoms with van der Waals surface area (Å²) in [6, 6.07) is 3.75. The Hall–Kier alpha value is -2.52. The topological polar surface area (TPSA) is 123 Å². The van der Waals surface area contributed by atoms with Crippen LogP contribution in [0.5, 0.6) is 0 Å². The predicted molar refractivity (Wildman–Crippen MR) is 105 cm³/mol. The number of rotatable bonds is 5. The summed E-state index contributed by atoms with van der Waals surface area (Å²) in [5.74, 6) is -2.68. The van der Waals surface area contributed by atoms with E-state index in [1.807, 2.05) is 0 Å². The number of ether oxygens (including phenoxy) is 1. The Balaban J connectivity index is 1.69. The molecule has 1 unspecified atom stereocenters. The third kappa shape index (κ3) is 3.97. The van der Waals surface area contributed by atoms with Crippen LogP contribution in [0.25, 0.3) is 0 Å². The van der Waals surface area contributed by atoms with E-state index < -0.39 is 23.2 Å². The van der Waals surface area contributed by atoms with E-state index in [0.717, 1.165) is 6.07 Å². The monoisotopic (exact) mass is 424 g/mol. The number of aliphatic imine (C=N–C) groups is 1. The Morgan fingerprint density at radius 2 is 1.97 bits per heavy atom. The van der Waals surface area contributed by atoms with Gasteiger partial charge >= 0.3 is 0 Å². The first-order valence-corrected chi connectivity index (χ1v) is 9.64. The van der Waals surface area contributed by atoms with Crippen LogP contribution in [0.1, 0.15) is 25.7 Å². The summed E-state index contributed by atoms with van der Waals surface area (Å²) in [6.45, 7) is -0.116. The second-order valence-corrected chi connectivity index (χ2v) is 7.53. The van der Waals surface area contributed by atoms with Gasteiger partial charge in [0.1, 0.15) is 18.3 Å². The van der Waals surface area contributed by atoms with Crippen LogP contribution in [0, 0.1) is 17.7 Å².